The van der Waals surface area contributed by atoms with Gasteiger partial charge in [0.15, 0.2) is 5.82 Å². The lowest BCUT2D eigenvalue weighted by Crippen LogP contribution is -2.08. The van der Waals surface area contributed by atoms with Crippen LogP contribution < -0.4 is 10.1 Å². The Morgan fingerprint density at radius 2 is 1.92 bits per heavy atom. The lowest BCUT2D eigenvalue weighted by molar-refractivity contribution is 0.393. The maximum Gasteiger partial charge on any atom is 0.218 e. The van der Waals surface area contributed by atoms with E-state index >= 15 is 0 Å². The monoisotopic (exact) mass is 321 g/mol. The van der Waals surface area contributed by atoms with Gasteiger partial charge < -0.3 is 10.1 Å². The molecule has 0 aromatic carbocycles. The fourth-order valence-corrected chi connectivity index (χ4v) is 2.35. The number of anilines is 1. The van der Waals surface area contributed by atoms with E-state index in [1.165, 1.54) is 0 Å². The summed E-state index contributed by atoms with van der Waals surface area (Å²) in [4.78, 5) is 17.6. The van der Waals surface area contributed by atoms with Gasteiger partial charge in [0.05, 0.1) is 7.11 Å². The molecule has 6 heteroatoms. The summed E-state index contributed by atoms with van der Waals surface area (Å²) in [6.45, 7) is 4.55. The molecule has 6 nitrogen and oxygen atoms in total. The van der Waals surface area contributed by atoms with Gasteiger partial charge in [-0.1, -0.05) is 6.07 Å². The highest BCUT2D eigenvalue weighted by Crippen LogP contribution is 2.22. The van der Waals surface area contributed by atoms with Crippen molar-refractivity contribution in [2.45, 2.75) is 20.4 Å². The lowest BCUT2D eigenvalue weighted by Gasteiger charge is -2.13. The topological polar surface area (TPSA) is 72.8 Å². The van der Waals surface area contributed by atoms with Crippen molar-refractivity contribution in [1.82, 2.24) is 19.9 Å². The van der Waals surface area contributed by atoms with Crippen molar-refractivity contribution in [3.8, 4) is 17.3 Å². The van der Waals surface area contributed by atoms with E-state index in [0.29, 0.717) is 18.2 Å². The van der Waals surface area contributed by atoms with Crippen LogP contribution in [0.15, 0.2) is 42.9 Å². The van der Waals surface area contributed by atoms with Crippen LogP contribution in [0, 0.1) is 13.8 Å². The number of methoxy groups -OCH3 is 1. The summed E-state index contributed by atoms with van der Waals surface area (Å²) in [6, 6.07) is 7.69. The van der Waals surface area contributed by atoms with Gasteiger partial charge >= 0.3 is 0 Å². The van der Waals surface area contributed by atoms with Crippen molar-refractivity contribution in [1.29, 1.82) is 0 Å². The molecule has 0 saturated carbocycles. The van der Waals surface area contributed by atoms with Crippen molar-refractivity contribution in [2.75, 3.05) is 12.4 Å². The molecule has 0 radical (unpaired) electrons. The first-order valence-corrected chi connectivity index (χ1v) is 7.66. The summed E-state index contributed by atoms with van der Waals surface area (Å²) in [6.07, 6.45) is 5.21. The van der Waals surface area contributed by atoms with Gasteiger partial charge in [-0.25, -0.2) is 15.0 Å². The lowest BCUT2D eigenvalue weighted by atomic mass is 10.2. The summed E-state index contributed by atoms with van der Waals surface area (Å²) in [5, 5.41) is 3.36. The van der Waals surface area contributed by atoms with Crippen LogP contribution in [0.4, 0.5) is 5.82 Å². The predicted octanol–water partition coefficient (Wildman–Crippen LogP) is 3.17. The maximum absolute atomic E-state index is 5.29. The molecule has 3 rings (SSSR count). The zero-order chi connectivity index (χ0) is 16.9. The first-order chi connectivity index (χ1) is 11.7. The molecule has 0 amide bonds. The molecule has 3 heterocycles. The van der Waals surface area contributed by atoms with E-state index in [1.807, 2.05) is 38.1 Å². The summed E-state index contributed by atoms with van der Waals surface area (Å²) >= 11 is 0. The van der Waals surface area contributed by atoms with Crippen molar-refractivity contribution in [2.24, 2.45) is 0 Å². The molecular formula is C18H19N5O. The molecule has 3 aromatic heterocycles. The third-order valence-electron chi connectivity index (χ3n) is 3.80. The van der Waals surface area contributed by atoms with Gasteiger partial charge in [0.1, 0.15) is 5.82 Å². The van der Waals surface area contributed by atoms with Crippen molar-refractivity contribution in [3.05, 3.63) is 59.7 Å². The zero-order valence-electron chi connectivity index (χ0n) is 13.9. The Kier molecular flexibility index (Phi) is 4.65. The van der Waals surface area contributed by atoms with Crippen LogP contribution in [-0.2, 0) is 6.54 Å². The molecule has 0 bridgehead atoms. The smallest absolute Gasteiger partial charge is 0.218 e. The van der Waals surface area contributed by atoms with Crippen LogP contribution in [0.1, 0.15) is 16.8 Å². The third-order valence-corrected chi connectivity index (χ3v) is 3.80. The molecule has 122 valence electrons. The second kappa shape index (κ2) is 7.04. The summed E-state index contributed by atoms with van der Waals surface area (Å²) < 4.78 is 5.29. The number of ether oxygens (including phenoxy) is 1. The van der Waals surface area contributed by atoms with Gasteiger partial charge in [-0.2, -0.15) is 0 Å². The Balaban J connectivity index is 1.89. The Morgan fingerprint density at radius 1 is 1.08 bits per heavy atom. The number of nitrogens with zero attached hydrogens (tertiary/aromatic N) is 4. The van der Waals surface area contributed by atoms with E-state index in [1.54, 1.807) is 25.7 Å². The maximum atomic E-state index is 5.29. The highest BCUT2D eigenvalue weighted by Gasteiger charge is 2.11. The van der Waals surface area contributed by atoms with Gasteiger partial charge in [-0.15, -0.1) is 0 Å². The molecule has 0 aliphatic heterocycles. The molecular weight excluding hydrogens is 302 g/mol. The molecule has 0 saturated heterocycles. The largest absolute Gasteiger partial charge is 0.481 e. The molecule has 24 heavy (non-hydrogen) atoms. The summed E-state index contributed by atoms with van der Waals surface area (Å²) in [5.41, 5.74) is 3.82. The highest BCUT2D eigenvalue weighted by atomic mass is 16.5. The highest BCUT2D eigenvalue weighted by molar-refractivity contribution is 5.58. The number of rotatable bonds is 5. The number of hydrogen-bond acceptors (Lipinski definition) is 6. The van der Waals surface area contributed by atoms with Crippen LogP contribution in [0.2, 0.25) is 0 Å². The van der Waals surface area contributed by atoms with E-state index in [2.05, 4.69) is 25.3 Å². The SMILES string of the molecule is COc1ncccc1CNc1nc(-c2cccnc2)nc(C)c1C. The summed E-state index contributed by atoms with van der Waals surface area (Å²) in [5.74, 6) is 2.07. The Hall–Kier alpha value is -3.02. The second-order valence-electron chi connectivity index (χ2n) is 5.37. The van der Waals surface area contributed by atoms with Gasteiger partial charge in [0, 0.05) is 47.5 Å². The van der Waals surface area contributed by atoms with Gasteiger partial charge in [0.2, 0.25) is 5.88 Å². The molecule has 0 aliphatic rings. The van der Waals surface area contributed by atoms with Crippen LogP contribution in [0.25, 0.3) is 11.4 Å². The van der Waals surface area contributed by atoms with Gasteiger partial charge in [0.25, 0.3) is 0 Å². The van der Waals surface area contributed by atoms with E-state index < -0.39 is 0 Å². The predicted molar refractivity (Wildman–Crippen MR) is 92.9 cm³/mol. The van der Waals surface area contributed by atoms with Crippen molar-refractivity contribution in [3.63, 3.8) is 0 Å². The minimum absolute atomic E-state index is 0.570. The van der Waals surface area contributed by atoms with Crippen LogP contribution in [0.5, 0.6) is 5.88 Å². The van der Waals surface area contributed by atoms with Crippen molar-refractivity contribution < 1.29 is 4.74 Å². The van der Waals surface area contributed by atoms with Crippen LogP contribution >= 0.6 is 0 Å². The zero-order valence-corrected chi connectivity index (χ0v) is 13.9. The fourth-order valence-electron chi connectivity index (χ4n) is 2.35. The number of pyridine rings is 2. The normalized spacial score (nSPS) is 10.5. The first-order valence-electron chi connectivity index (χ1n) is 7.66. The molecule has 1 N–H and O–H groups in total. The minimum atomic E-state index is 0.570. The van der Waals surface area contributed by atoms with E-state index in [9.17, 15) is 0 Å². The molecule has 3 aromatic rings. The Bertz CT molecular complexity index is 836. The quantitative estimate of drug-likeness (QED) is 0.778. The Labute approximate surface area is 141 Å². The molecule has 0 spiro atoms. The summed E-state index contributed by atoms with van der Waals surface area (Å²) in [7, 11) is 1.62. The minimum Gasteiger partial charge on any atom is -0.481 e. The Morgan fingerprint density at radius 3 is 2.67 bits per heavy atom. The number of aromatic nitrogens is 4. The van der Waals surface area contributed by atoms with E-state index in [-0.39, 0.29) is 0 Å². The van der Waals surface area contributed by atoms with E-state index in [0.717, 1.165) is 28.2 Å². The number of hydrogen-bond donors (Lipinski definition) is 1. The third kappa shape index (κ3) is 3.32. The van der Waals surface area contributed by atoms with E-state index in [4.69, 9.17) is 4.74 Å². The van der Waals surface area contributed by atoms with Gasteiger partial charge in [-0.05, 0) is 32.0 Å². The molecule has 0 unspecified atom stereocenters. The number of nitrogens with one attached hydrogen (secondary N) is 1. The average molecular weight is 321 g/mol. The standard InChI is InChI=1S/C18H19N5O/c1-12-13(2)22-17(14-6-4-8-19-10-14)23-16(12)21-11-15-7-5-9-20-18(15)24-3/h4-10H,11H2,1-3H3,(H,21,22,23). The van der Waals surface area contributed by atoms with Crippen molar-refractivity contribution >= 4 is 5.82 Å². The fraction of sp³-hybridized carbons (Fsp3) is 0.222. The average Bonchev–Trinajstić information content (AvgIpc) is 2.63. The van der Waals surface area contributed by atoms with Crippen LogP contribution in [-0.4, -0.2) is 27.0 Å². The molecule has 0 aliphatic carbocycles. The van der Waals surface area contributed by atoms with Gasteiger partial charge in [-0.3, -0.25) is 4.98 Å². The number of aryl methyl sites for hydroxylation is 1. The second-order valence-corrected chi connectivity index (χ2v) is 5.37. The first kappa shape index (κ1) is 15.9. The van der Waals surface area contributed by atoms with Crippen LogP contribution in [0.3, 0.4) is 0 Å². The molecule has 0 atom stereocenters. The molecule has 0 fully saturated rings.